The van der Waals surface area contributed by atoms with Crippen LogP contribution in [0.5, 0.6) is 0 Å². The second-order valence-corrected chi connectivity index (χ2v) is 7.74. The Hall–Kier alpha value is -0.780. The highest BCUT2D eigenvalue weighted by molar-refractivity contribution is 7.99. The molecule has 0 aromatic heterocycles. The molecule has 0 spiro atoms. The third kappa shape index (κ3) is 3.61. The zero-order valence-electron chi connectivity index (χ0n) is 10.8. The van der Waals surface area contributed by atoms with Gasteiger partial charge >= 0.3 is 0 Å². The summed E-state index contributed by atoms with van der Waals surface area (Å²) in [6, 6.07) is 7.48. The standard InChI is InChI=1S/C14H19NO2S2/c1-2-9-18-10-8-15-13-7-11-19(16,17)14-6-4-3-5-12(13)14/h2-6,13,15H,1,7-11H2. The molecular formula is C14H19NO2S2. The van der Waals surface area contributed by atoms with Crippen LogP contribution >= 0.6 is 11.8 Å². The summed E-state index contributed by atoms with van der Waals surface area (Å²) in [5.74, 6) is 2.20. The van der Waals surface area contributed by atoms with Crippen molar-refractivity contribution < 1.29 is 8.42 Å². The molecule has 2 rings (SSSR count). The van der Waals surface area contributed by atoms with E-state index in [1.54, 1.807) is 12.1 Å². The SMILES string of the molecule is C=CCSCCNC1CCS(=O)(=O)c2ccccc21. The van der Waals surface area contributed by atoms with Gasteiger partial charge in [0.25, 0.3) is 0 Å². The van der Waals surface area contributed by atoms with E-state index in [1.807, 2.05) is 30.0 Å². The minimum atomic E-state index is -3.07. The number of fused-ring (bicyclic) bond motifs is 1. The summed E-state index contributed by atoms with van der Waals surface area (Å²) in [5.41, 5.74) is 0.919. The molecule has 5 heteroatoms. The molecule has 1 aliphatic rings. The normalized spacial score (nSPS) is 20.7. The van der Waals surface area contributed by atoms with Gasteiger partial charge in [-0.3, -0.25) is 0 Å². The molecule has 0 saturated heterocycles. The second-order valence-electron chi connectivity index (χ2n) is 4.52. The monoisotopic (exact) mass is 297 g/mol. The molecule has 1 N–H and O–H groups in total. The fourth-order valence-electron chi connectivity index (χ4n) is 2.27. The molecule has 0 aliphatic carbocycles. The molecule has 0 saturated carbocycles. The van der Waals surface area contributed by atoms with Crippen LogP contribution in [-0.2, 0) is 9.84 Å². The summed E-state index contributed by atoms with van der Waals surface area (Å²) in [6.07, 6.45) is 2.55. The van der Waals surface area contributed by atoms with Gasteiger partial charge in [-0.15, -0.1) is 6.58 Å². The van der Waals surface area contributed by atoms with Gasteiger partial charge in [0.1, 0.15) is 0 Å². The summed E-state index contributed by atoms with van der Waals surface area (Å²) in [4.78, 5) is 0.498. The molecule has 1 heterocycles. The van der Waals surface area contributed by atoms with Crippen LogP contribution in [0.25, 0.3) is 0 Å². The third-order valence-electron chi connectivity index (χ3n) is 3.18. The lowest BCUT2D eigenvalue weighted by molar-refractivity contribution is 0.506. The van der Waals surface area contributed by atoms with Gasteiger partial charge in [-0.2, -0.15) is 11.8 Å². The van der Waals surface area contributed by atoms with Crippen molar-refractivity contribution in [3.05, 3.63) is 42.5 Å². The van der Waals surface area contributed by atoms with Crippen molar-refractivity contribution in [1.82, 2.24) is 5.32 Å². The molecule has 104 valence electrons. The first-order valence-corrected chi connectivity index (χ1v) is 9.19. The first-order chi connectivity index (χ1) is 9.15. The van der Waals surface area contributed by atoms with Crippen LogP contribution in [0, 0.1) is 0 Å². The first kappa shape index (κ1) is 14.6. The van der Waals surface area contributed by atoms with E-state index in [1.165, 1.54) is 0 Å². The van der Waals surface area contributed by atoms with Crippen LogP contribution in [0.4, 0.5) is 0 Å². The Morgan fingerprint density at radius 3 is 3.00 bits per heavy atom. The van der Waals surface area contributed by atoms with Gasteiger partial charge in [0.2, 0.25) is 0 Å². The molecule has 1 atom stereocenters. The van der Waals surface area contributed by atoms with Gasteiger partial charge in [0, 0.05) is 24.1 Å². The fraction of sp³-hybridized carbons (Fsp3) is 0.429. The maximum atomic E-state index is 12.0. The van der Waals surface area contributed by atoms with E-state index in [9.17, 15) is 8.42 Å². The van der Waals surface area contributed by atoms with Gasteiger partial charge in [-0.05, 0) is 18.1 Å². The highest BCUT2D eigenvalue weighted by atomic mass is 32.2. The minimum Gasteiger partial charge on any atom is -0.309 e. The lowest BCUT2D eigenvalue weighted by atomic mass is 10.0. The van der Waals surface area contributed by atoms with Gasteiger partial charge < -0.3 is 5.32 Å². The Kier molecular flexibility index (Phi) is 5.07. The van der Waals surface area contributed by atoms with Crippen molar-refractivity contribution in [2.75, 3.05) is 23.8 Å². The van der Waals surface area contributed by atoms with Gasteiger partial charge in [-0.25, -0.2) is 8.42 Å². The first-order valence-electron chi connectivity index (χ1n) is 6.39. The largest absolute Gasteiger partial charge is 0.309 e. The second kappa shape index (κ2) is 6.59. The van der Waals surface area contributed by atoms with E-state index in [0.29, 0.717) is 11.3 Å². The van der Waals surface area contributed by atoms with E-state index >= 15 is 0 Å². The number of hydrogen-bond acceptors (Lipinski definition) is 4. The lowest BCUT2D eigenvalue weighted by Crippen LogP contribution is -2.31. The molecule has 0 bridgehead atoms. The van der Waals surface area contributed by atoms with Crippen LogP contribution in [-0.4, -0.2) is 32.2 Å². The summed E-state index contributed by atoms with van der Waals surface area (Å²) in [7, 11) is -3.07. The van der Waals surface area contributed by atoms with Crippen molar-refractivity contribution in [3.63, 3.8) is 0 Å². The lowest BCUT2D eigenvalue weighted by Gasteiger charge is -2.26. The molecule has 1 aromatic carbocycles. The summed E-state index contributed by atoms with van der Waals surface area (Å²) in [6.45, 7) is 4.57. The van der Waals surface area contributed by atoms with Crippen molar-refractivity contribution in [2.24, 2.45) is 0 Å². The third-order valence-corrected chi connectivity index (χ3v) is 5.96. The summed E-state index contributed by atoms with van der Waals surface area (Å²) < 4.78 is 24.0. The fourth-order valence-corrected chi connectivity index (χ4v) is 4.49. The molecule has 19 heavy (non-hydrogen) atoms. The highest BCUT2D eigenvalue weighted by Crippen LogP contribution is 2.31. The predicted octanol–water partition coefficient (Wildman–Crippen LogP) is 2.41. The molecule has 3 nitrogen and oxygen atoms in total. The Morgan fingerprint density at radius 1 is 1.42 bits per heavy atom. The van der Waals surface area contributed by atoms with Crippen molar-refractivity contribution >= 4 is 21.6 Å². The Bertz CT molecular complexity index is 540. The molecule has 0 radical (unpaired) electrons. The van der Waals surface area contributed by atoms with E-state index in [0.717, 1.165) is 23.6 Å². The summed E-state index contributed by atoms with van der Waals surface area (Å²) >= 11 is 1.82. The Labute approximate surface area is 119 Å². The number of rotatable bonds is 6. The van der Waals surface area contributed by atoms with Crippen LogP contribution in [0.1, 0.15) is 18.0 Å². The maximum absolute atomic E-state index is 12.0. The van der Waals surface area contributed by atoms with E-state index in [-0.39, 0.29) is 11.8 Å². The number of thioether (sulfide) groups is 1. The average molecular weight is 297 g/mol. The van der Waals surface area contributed by atoms with E-state index in [4.69, 9.17) is 0 Å². The van der Waals surface area contributed by atoms with E-state index < -0.39 is 9.84 Å². The molecule has 1 unspecified atom stereocenters. The number of sulfone groups is 1. The molecule has 0 amide bonds. The highest BCUT2D eigenvalue weighted by Gasteiger charge is 2.29. The van der Waals surface area contributed by atoms with Crippen molar-refractivity contribution in [3.8, 4) is 0 Å². The Morgan fingerprint density at radius 2 is 2.21 bits per heavy atom. The number of benzene rings is 1. The smallest absolute Gasteiger partial charge is 0.178 e. The van der Waals surface area contributed by atoms with Gasteiger partial charge in [0.15, 0.2) is 9.84 Å². The minimum absolute atomic E-state index is 0.157. The van der Waals surface area contributed by atoms with Gasteiger partial charge in [-0.1, -0.05) is 24.3 Å². The zero-order valence-corrected chi connectivity index (χ0v) is 12.5. The quantitative estimate of drug-likeness (QED) is 0.647. The topological polar surface area (TPSA) is 46.2 Å². The molecular weight excluding hydrogens is 278 g/mol. The van der Waals surface area contributed by atoms with Crippen LogP contribution in [0.15, 0.2) is 41.8 Å². The van der Waals surface area contributed by atoms with E-state index in [2.05, 4.69) is 11.9 Å². The van der Waals surface area contributed by atoms with Crippen LogP contribution in [0.2, 0.25) is 0 Å². The molecule has 0 fully saturated rings. The van der Waals surface area contributed by atoms with Crippen molar-refractivity contribution in [2.45, 2.75) is 17.4 Å². The van der Waals surface area contributed by atoms with Crippen molar-refractivity contribution in [1.29, 1.82) is 0 Å². The zero-order chi connectivity index (χ0) is 13.7. The molecule has 1 aliphatic heterocycles. The maximum Gasteiger partial charge on any atom is 0.178 e. The van der Waals surface area contributed by atoms with Crippen LogP contribution < -0.4 is 5.32 Å². The summed E-state index contributed by atoms with van der Waals surface area (Å²) in [5, 5.41) is 3.45. The average Bonchev–Trinajstić information content (AvgIpc) is 2.41. The van der Waals surface area contributed by atoms with Crippen LogP contribution in [0.3, 0.4) is 0 Å². The predicted molar refractivity (Wildman–Crippen MR) is 81.4 cm³/mol. The Balaban J connectivity index is 2.02. The molecule has 1 aromatic rings. The number of hydrogen-bond donors (Lipinski definition) is 1. The van der Waals surface area contributed by atoms with Gasteiger partial charge in [0.05, 0.1) is 10.6 Å². The number of nitrogens with one attached hydrogen (secondary N) is 1.